The molecule has 90 heavy (non-hydrogen) atoms. The molecule has 24 nitrogen and oxygen atoms in total. The number of unbranched alkanes of at least 4 members (excludes halogenated alkanes) is 8. The van der Waals surface area contributed by atoms with E-state index in [4.69, 9.17) is 51.4 Å². The number of nitrogens with zero attached hydrogens (tertiary/aromatic N) is 2. The van der Waals surface area contributed by atoms with Crippen molar-refractivity contribution in [3.05, 3.63) is 70.0 Å². The Morgan fingerprint density at radius 1 is 0.433 bits per heavy atom. The van der Waals surface area contributed by atoms with Gasteiger partial charge in [-0.1, -0.05) is 6.08 Å². The third kappa shape index (κ3) is 26.5. The molecule has 3 aliphatic carbocycles. The Hall–Kier alpha value is -3.84. The van der Waals surface area contributed by atoms with E-state index in [0.717, 1.165) is 83.6 Å². The average molecular weight is 1270 g/mol. The van der Waals surface area contributed by atoms with Gasteiger partial charge < -0.3 is 91.8 Å². The number of ether oxygens (including phenoxy) is 6. The van der Waals surface area contributed by atoms with E-state index in [2.05, 4.69) is 31.9 Å². The number of aliphatic hydroxyl groups excluding tert-OH is 6. The van der Waals surface area contributed by atoms with Crippen LogP contribution in [0.1, 0.15) is 176 Å². The van der Waals surface area contributed by atoms with Crippen LogP contribution in [0.25, 0.3) is 0 Å². The lowest BCUT2D eigenvalue weighted by molar-refractivity contribution is -0.0191. The number of hydrogen-bond acceptors (Lipinski definition) is 24. The van der Waals surface area contributed by atoms with Gasteiger partial charge in [0.05, 0.1) is 40.1 Å². The molecule has 0 heterocycles. The van der Waals surface area contributed by atoms with Crippen molar-refractivity contribution < 1.29 is 59.1 Å². The molecule has 516 valence electrons. The molecular formula is C66H120N12O12. The van der Waals surface area contributed by atoms with Crippen molar-refractivity contribution in [3.8, 4) is 23.0 Å². The van der Waals surface area contributed by atoms with Gasteiger partial charge in [0.2, 0.25) is 0 Å². The first-order valence-electron chi connectivity index (χ1n) is 33.6. The van der Waals surface area contributed by atoms with Crippen LogP contribution in [0.3, 0.4) is 0 Å². The summed E-state index contributed by atoms with van der Waals surface area (Å²) in [4.78, 5) is 4.07. The number of likely N-dealkylation sites (N-methyl/N-ethyl adjacent to an activating group) is 2. The molecular weight excluding hydrogens is 1150 g/mol. The Kier molecular flexibility index (Phi) is 36.9. The molecule has 20 N–H and O–H groups in total. The summed E-state index contributed by atoms with van der Waals surface area (Å²) in [5.41, 5.74) is 25.5. The Labute approximate surface area is 537 Å². The largest absolute Gasteiger partial charge is 0.496 e. The van der Waals surface area contributed by atoms with Gasteiger partial charge in [-0.25, -0.2) is 0 Å². The van der Waals surface area contributed by atoms with Crippen molar-refractivity contribution in [3.63, 3.8) is 0 Å². The topological polar surface area (TPSA) is 360 Å². The number of hydrogen-bond donors (Lipinski definition) is 16. The summed E-state index contributed by atoms with van der Waals surface area (Å²) in [6.45, 7) is 6.75. The van der Waals surface area contributed by atoms with E-state index >= 15 is 0 Å². The van der Waals surface area contributed by atoms with E-state index < -0.39 is 49.4 Å². The SMILES string of the molecule is COc1cc(OC)c(C(O)NC2CCC(N[C@@H](O)C3C=C(C(O)NCCN(C)C)C(OCCCCCN)=CC3OCCCCCN)CC2)cc1C(O)NC1CCC(NC(O)c2cc(C(O)NCCN(C)C)c(OCCCCCN)cc2OCCCCCN)CC1. The van der Waals surface area contributed by atoms with Gasteiger partial charge in [0.25, 0.3) is 0 Å². The fraction of sp³-hybridized carbons (Fsp3) is 0.758. The summed E-state index contributed by atoms with van der Waals surface area (Å²) in [7, 11) is 11.0. The third-order valence-electron chi connectivity index (χ3n) is 17.2. The van der Waals surface area contributed by atoms with Crippen LogP contribution in [0.4, 0.5) is 0 Å². The number of nitrogens with two attached hydrogens (primary N) is 4. The zero-order valence-electron chi connectivity index (χ0n) is 55.4. The van der Waals surface area contributed by atoms with Crippen LogP contribution in [0.5, 0.6) is 23.0 Å². The second-order valence-corrected chi connectivity index (χ2v) is 25.0. The molecule has 0 bridgehead atoms. The maximum Gasteiger partial charge on any atom is 0.134 e. The molecule has 0 amide bonds. The van der Waals surface area contributed by atoms with Crippen LogP contribution in [0, 0.1) is 5.92 Å². The minimum Gasteiger partial charge on any atom is -0.496 e. The number of benzene rings is 2. The third-order valence-corrected chi connectivity index (χ3v) is 17.2. The van der Waals surface area contributed by atoms with Crippen LogP contribution in [-0.4, -0.2) is 204 Å². The van der Waals surface area contributed by atoms with E-state index in [1.54, 1.807) is 24.3 Å². The predicted octanol–water partition coefficient (Wildman–Crippen LogP) is 3.40. The second kappa shape index (κ2) is 43.2. The second-order valence-electron chi connectivity index (χ2n) is 25.0. The van der Waals surface area contributed by atoms with Gasteiger partial charge in [0.1, 0.15) is 66.1 Å². The maximum atomic E-state index is 12.0. The lowest BCUT2D eigenvalue weighted by Gasteiger charge is -2.37. The lowest BCUT2D eigenvalue weighted by Crippen LogP contribution is -2.50. The molecule has 2 saturated carbocycles. The van der Waals surface area contributed by atoms with Crippen LogP contribution in [0.2, 0.25) is 0 Å². The molecule has 5 rings (SSSR count). The molecule has 3 aliphatic rings. The van der Waals surface area contributed by atoms with Crippen LogP contribution in [-0.2, 0) is 9.47 Å². The van der Waals surface area contributed by atoms with Crippen molar-refractivity contribution in [1.29, 1.82) is 0 Å². The van der Waals surface area contributed by atoms with Gasteiger partial charge in [0.15, 0.2) is 0 Å². The lowest BCUT2D eigenvalue weighted by atomic mass is 9.87. The summed E-state index contributed by atoms with van der Waals surface area (Å²) in [5.74, 6) is 1.78. The molecule has 2 fully saturated rings. The van der Waals surface area contributed by atoms with Crippen molar-refractivity contribution in [2.45, 2.75) is 196 Å². The van der Waals surface area contributed by atoms with Crippen LogP contribution >= 0.6 is 0 Å². The minimum atomic E-state index is -1.15. The zero-order chi connectivity index (χ0) is 65.2. The molecule has 0 aliphatic heterocycles. The Morgan fingerprint density at radius 2 is 0.800 bits per heavy atom. The molecule has 2 aromatic rings. The molecule has 2 aromatic carbocycles. The van der Waals surface area contributed by atoms with E-state index in [9.17, 15) is 30.6 Å². The van der Waals surface area contributed by atoms with Crippen molar-refractivity contribution in [2.24, 2.45) is 28.9 Å². The average Bonchev–Trinajstić information content (AvgIpc) is 0.977. The van der Waals surface area contributed by atoms with Crippen molar-refractivity contribution in [2.75, 3.05) is 121 Å². The van der Waals surface area contributed by atoms with E-state index in [-0.39, 0.29) is 24.2 Å². The van der Waals surface area contributed by atoms with E-state index in [0.29, 0.717) is 180 Å². The molecule has 0 radical (unpaired) electrons. The first kappa shape index (κ1) is 76.9. The van der Waals surface area contributed by atoms with Gasteiger partial charge in [-0.05, 0) is 201 Å². The fourth-order valence-electron chi connectivity index (χ4n) is 11.9. The van der Waals surface area contributed by atoms with Crippen molar-refractivity contribution >= 4 is 0 Å². The van der Waals surface area contributed by atoms with Crippen LogP contribution < -0.4 is 73.8 Å². The Balaban J connectivity index is 1.21. The maximum absolute atomic E-state index is 12.0. The first-order chi connectivity index (χ1) is 43.5. The fourth-order valence-corrected chi connectivity index (χ4v) is 11.9. The normalized spacial score (nSPS) is 21.8. The summed E-state index contributed by atoms with van der Waals surface area (Å²) < 4.78 is 37.0. The smallest absolute Gasteiger partial charge is 0.134 e. The molecule has 7 unspecified atom stereocenters. The Morgan fingerprint density at radius 3 is 1.21 bits per heavy atom. The predicted molar refractivity (Wildman–Crippen MR) is 354 cm³/mol. The Bertz CT molecular complexity index is 2330. The number of methoxy groups -OCH3 is 2. The van der Waals surface area contributed by atoms with Gasteiger partial charge in [-0.15, -0.1) is 0 Å². The minimum absolute atomic E-state index is 0.0355. The van der Waals surface area contributed by atoms with Gasteiger partial charge in [-0.3, -0.25) is 31.9 Å². The summed E-state index contributed by atoms with van der Waals surface area (Å²) in [5, 5.41) is 91.0. The molecule has 0 spiro atoms. The monoisotopic (exact) mass is 1270 g/mol. The highest BCUT2D eigenvalue weighted by Gasteiger charge is 2.37. The van der Waals surface area contributed by atoms with Crippen LogP contribution in [0.15, 0.2) is 47.7 Å². The molecule has 8 atom stereocenters. The number of aliphatic hydroxyl groups is 6. The molecule has 0 aromatic heterocycles. The number of rotatable bonds is 48. The summed E-state index contributed by atoms with van der Waals surface area (Å²) >= 11 is 0. The quantitative estimate of drug-likeness (QED) is 0.0333. The van der Waals surface area contributed by atoms with Gasteiger partial charge in [-0.2, -0.15) is 0 Å². The zero-order valence-corrected chi connectivity index (χ0v) is 55.4. The number of nitrogens with one attached hydrogen (secondary N) is 6. The highest BCUT2D eigenvalue weighted by Crippen LogP contribution is 2.39. The van der Waals surface area contributed by atoms with Crippen molar-refractivity contribution in [1.82, 2.24) is 41.7 Å². The van der Waals surface area contributed by atoms with Gasteiger partial charge in [0, 0.05) is 103 Å². The van der Waals surface area contributed by atoms with Gasteiger partial charge >= 0.3 is 0 Å². The molecule has 0 saturated heterocycles. The molecule has 24 heteroatoms. The van der Waals surface area contributed by atoms with E-state index in [1.165, 1.54) is 14.2 Å². The first-order valence-corrected chi connectivity index (χ1v) is 33.6. The highest BCUT2D eigenvalue weighted by molar-refractivity contribution is 5.50. The highest BCUT2D eigenvalue weighted by atomic mass is 16.5. The summed E-state index contributed by atoms with van der Waals surface area (Å²) in [6, 6.07) is 6.73. The summed E-state index contributed by atoms with van der Waals surface area (Å²) in [6.07, 6.45) is 12.9. The van der Waals surface area contributed by atoms with E-state index in [1.807, 2.05) is 50.1 Å². The standard InChI is InChI=1S/C66H120N12O12/c1-77(2)33-31-71-61(79)51-40-53(59(89-37-17-9-13-29-69)43-57(51)87-35-15-7-11-27-67)65(83)75-47-23-19-45(20-24-47)73-63(81)49-39-50(56(86-6)42-55(49)85-5)64(82)74-46-21-25-48(26-22-46)76-66(84)54-41-52(62(80)72-32-34-78(3)4)58(88-36-16-8-12-28-68)44-60(54)90-38-18-10-14-30-70/h39-48,53,59,61-66,71-76,79-84H,7-38,67-70H2,1-6H3/t45?,46?,47?,48?,53?,59?,61?,62?,63?,64?,65-,66?/m0/s1.